The Morgan fingerprint density at radius 3 is 2.89 bits per heavy atom. The van der Waals surface area contributed by atoms with Crippen LogP contribution in [0.2, 0.25) is 0 Å². The van der Waals surface area contributed by atoms with Crippen LogP contribution in [0.5, 0.6) is 5.75 Å². The molecular formula is C16H25NO2. The summed E-state index contributed by atoms with van der Waals surface area (Å²) in [6.45, 7) is 0.477. The zero-order valence-electron chi connectivity index (χ0n) is 13.3. The highest BCUT2D eigenvalue weighted by Crippen LogP contribution is 2.26. The Morgan fingerprint density at radius 1 is 1.37 bits per heavy atom. The first-order valence-corrected chi connectivity index (χ1v) is 7.14. The predicted octanol–water partition coefficient (Wildman–Crippen LogP) is 3.03. The number of nitrogens with two attached hydrogens (primary N) is 1. The van der Waals surface area contributed by atoms with Gasteiger partial charge in [-0.25, -0.2) is 0 Å². The van der Waals surface area contributed by atoms with Crippen LogP contribution in [0.25, 0.3) is 0 Å². The molecule has 0 amide bonds. The van der Waals surface area contributed by atoms with Gasteiger partial charge in [0, 0.05) is 2.74 Å². The predicted molar refractivity (Wildman–Crippen MR) is 77.1 cm³/mol. The highest BCUT2D eigenvalue weighted by molar-refractivity contribution is 5.29. The first-order chi connectivity index (χ1) is 10.0. The second-order valence-corrected chi connectivity index (χ2v) is 5.20. The molecule has 3 heteroatoms. The molecular weight excluding hydrogens is 238 g/mol. The highest BCUT2D eigenvalue weighted by Gasteiger charge is 2.14. The van der Waals surface area contributed by atoms with Gasteiger partial charge in [-0.15, -0.1) is 0 Å². The average Bonchev–Trinajstić information content (AvgIpc) is 2.53. The van der Waals surface area contributed by atoms with Gasteiger partial charge in [0.05, 0.1) is 12.7 Å². The van der Waals surface area contributed by atoms with E-state index in [4.69, 9.17) is 13.2 Å². The molecule has 1 unspecified atom stereocenters. The number of benzene rings is 1. The van der Waals surface area contributed by atoms with Gasteiger partial charge in [0.2, 0.25) is 0 Å². The molecule has 0 saturated heterocycles. The number of hydrogen-bond donors (Lipinski definition) is 2. The van der Waals surface area contributed by atoms with Gasteiger partial charge in [0.1, 0.15) is 5.75 Å². The average molecular weight is 265 g/mol. The molecule has 0 aromatic heterocycles. The molecule has 0 spiro atoms. The highest BCUT2D eigenvalue weighted by atomic mass is 16.5. The number of hydrogen-bond acceptors (Lipinski definition) is 3. The van der Waals surface area contributed by atoms with E-state index in [2.05, 4.69) is 0 Å². The summed E-state index contributed by atoms with van der Waals surface area (Å²) in [6.07, 6.45) is 3.26. The Bertz CT molecular complexity index is 448. The number of aliphatic hydroxyl groups excluding tert-OH is 1. The van der Waals surface area contributed by atoms with Crippen LogP contribution in [0.15, 0.2) is 24.3 Å². The molecule has 1 aromatic rings. The van der Waals surface area contributed by atoms with E-state index in [1.54, 1.807) is 18.2 Å². The molecule has 1 aromatic carbocycles. The smallest absolute Gasteiger partial charge is 0.119 e. The minimum atomic E-state index is -1.83. The van der Waals surface area contributed by atoms with Crippen molar-refractivity contribution in [1.82, 2.24) is 0 Å². The number of rotatable bonds is 6. The summed E-state index contributed by atoms with van der Waals surface area (Å²) in [5.74, 6) is 1.30. The van der Waals surface area contributed by atoms with Crippen molar-refractivity contribution in [3.8, 4) is 5.75 Å². The molecule has 0 aliphatic heterocycles. The van der Waals surface area contributed by atoms with Gasteiger partial charge in [-0.05, 0) is 49.4 Å². The summed E-state index contributed by atoms with van der Waals surface area (Å²) in [7, 11) is 0. The first-order valence-electron chi connectivity index (χ1n) is 8.14. The maximum Gasteiger partial charge on any atom is 0.119 e. The third kappa shape index (κ3) is 4.51. The normalized spacial score (nSPS) is 20.5. The zero-order chi connectivity index (χ0) is 15.3. The lowest BCUT2D eigenvalue weighted by molar-refractivity contribution is 0.169. The van der Waals surface area contributed by atoms with Crippen molar-refractivity contribution in [2.45, 2.75) is 44.6 Å². The van der Waals surface area contributed by atoms with Crippen molar-refractivity contribution in [3.05, 3.63) is 29.8 Å². The summed E-state index contributed by atoms with van der Waals surface area (Å²) in [6, 6.07) is 7.03. The molecule has 3 N–H and O–H groups in total. The fourth-order valence-electron chi connectivity index (χ4n) is 2.57. The van der Waals surface area contributed by atoms with Crippen molar-refractivity contribution >= 4 is 0 Å². The van der Waals surface area contributed by atoms with E-state index in [1.807, 2.05) is 6.07 Å². The molecule has 0 radical (unpaired) electrons. The van der Waals surface area contributed by atoms with Crippen LogP contribution in [0.3, 0.4) is 0 Å². The fourth-order valence-corrected chi connectivity index (χ4v) is 2.57. The van der Waals surface area contributed by atoms with Gasteiger partial charge in [-0.3, -0.25) is 0 Å². The van der Waals surface area contributed by atoms with Gasteiger partial charge >= 0.3 is 0 Å². The summed E-state index contributed by atoms with van der Waals surface area (Å²) in [5.41, 5.74) is 5.88. The Kier molecular flexibility index (Phi) is 4.64. The molecule has 0 bridgehead atoms. The standard InChI is InChI=1S/C16H25NO2/c17-10-9-16(18)14-7-4-8-15(11-14)19-12-13-5-2-1-3-6-13/h4,7-8,11,13,16,18H,1-3,5-6,9-10,12,17H2/i9D2. The van der Waals surface area contributed by atoms with E-state index in [9.17, 15) is 5.11 Å². The Morgan fingerprint density at radius 2 is 2.16 bits per heavy atom. The molecule has 1 aliphatic rings. The maximum atomic E-state index is 10.1. The topological polar surface area (TPSA) is 55.5 Å². The Labute approximate surface area is 118 Å². The third-order valence-electron chi connectivity index (χ3n) is 3.70. The molecule has 106 valence electrons. The second kappa shape index (κ2) is 7.51. The quantitative estimate of drug-likeness (QED) is 0.831. The van der Waals surface area contributed by atoms with E-state index in [-0.39, 0.29) is 6.54 Å². The van der Waals surface area contributed by atoms with E-state index < -0.39 is 12.5 Å². The van der Waals surface area contributed by atoms with Crippen molar-refractivity contribution in [2.24, 2.45) is 11.7 Å². The minimum absolute atomic E-state index is 0.221. The fraction of sp³-hybridized carbons (Fsp3) is 0.625. The van der Waals surface area contributed by atoms with Gasteiger partial charge in [-0.1, -0.05) is 31.4 Å². The Hall–Kier alpha value is -1.06. The minimum Gasteiger partial charge on any atom is -0.493 e. The molecule has 2 rings (SSSR count). The monoisotopic (exact) mass is 265 g/mol. The van der Waals surface area contributed by atoms with Gasteiger partial charge < -0.3 is 15.6 Å². The van der Waals surface area contributed by atoms with Crippen molar-refractivity contribution in [2.75, 3.05) is 13.2 Å². The van der Waals surface area contributed by atoms with E-state index in [0.29, 0.717) is 23.8 Å². The second-order valence-electron chi connectivity index (χ2n) is 5.20. The molecule has 1 fully saturated rings. The van der Waals surface area contributed by atoms with Crippen molar-refractivity contribution in [1.29, 1.82) is 0 Å². The lowest BCUT2D eigenvalue weighted by Crippen LogP contribution is -2.15. The lowest BCUT2D eigenvalue weighted by Gasteiger charge is -2.22. The van der Waals surface area contributed by atoms with Crippen LogP contribution in [0, 0.1) is 5.92 Å². The summed E-state index contributed by atoms with van der Waals surface area (Å²) >= 11 is 0. The van der Waals surface area contributed by atoms with E-state index in [0.717, 1.165) is 0 Å². The van der Waals surface area contributed by atoms with Crippen LogP contribution in [-0.2, 0) is 0 Å². The maximum absolute atomic E-state index is 10.1. The molecule has 3 nitrogen and oxygen atoms in total. The van der Waals surface area contributed by atoms with Gasteiger partial charge in [0.25, 0.3) is 0 Å². The number of aliphatic hydroxyl groups is 1. The molecule has 1 saturated carbocycles. The van der Waals surface area contributed by atoms with Crippen LogP contribution in [0.4, 0.5) is 0 Å². The largest absolute Gasteiger partial charge is 0.493 e. The van der Waals surface area contributed by atoms with Crippen LogP contribution < -0.4 is 10.5 Å². The third-order valence-corrected chi connectivity index (χ3v) is 3.70. The summed E-state index contributed by atoms with van der Waals surface area (Å²) < 4.78 is 21.2. The van der Waals surface area contributed by atoms with Gasteiger partial charge in [-0.2, -0.15) is 0 Å². The van der Waals surface area contributed by atoms with Crippen molar-refractivity contribution < 1.29 is 12.6 Å². The number of ether oxygens (including phenoxy) is 1. The lowest BCUT2D eigenvalue weighted by atomic mass is 9.90. The molecule has 1 atom stereocenters. The van der Waals surface area contributed by atoms with Crippen LogP contribution in [0.1, 0.15) is 52.9 Å². The SMILES string of the molecule is [2H]C([2H])(CN)C(O)c1cccc(OCC2CCCCC2)c1. The molecule has 0 heterocycles. The van der Waals surface area contributed by atoms with Crippen molar-refractivity contribution in [3.63, 3.8) is 0 Å². The van der Waals surface area contributed by atoms with Crippen LogP contribution in [-0.4, -0.2) is 18.3 Å². The molecule has 19 heavy (non-hydrogen) atoms. The van der Waals surface area contributed by atoms with Crippen LogP contribution >= 0.6 is 0 Å². The summed E-state index contributed by atoms with van der Waals surface area (Å²) in [5, 5.41) is 10.1. The molecule has 1 aliphatic carbocycles. The van der Waals surface area contributed by atoms with E-state index in [1.165, 1.54) is 32.1 Å². The van der Waals surface area contributed by atoms with Gasteiger partial charge in [0.15, 0.2) is 0 Å². The zero-order valence-corrected chi connectivity index (χ0v) is 11.3. The first kappa shape index (κ1) is 11.7. The Balaban J connectivity index is 1.97. The van der Waals surface area contributed by atoms with E-state index >= 15 is 0 Å². The summed E-state index contributed by atoms with van der Waals surface area (Å²) in [4.78, 5) is 0.